The molecule has 6 heteroatoms. The van der Waals surface area contributed by atoms with Crippen molar-refractivity contribution in [3.05, 3.63) is 65.0 Å². The van der Waals surface area contributed by atoms with E-state index < -0.39 is 11.6 Å². The van der Waals surface area contributed by atoms with Gasteiger partial charge in [-0.1, -0.05) is 30.3 Å². The van der Waals surface area contributed by atoms with Crippen LogP contribution < -0.4 is 5.32 Å². The summed E-state index contributed by atoms with van der Waals surface area (Å²) in [6.07, 6.45) is 3.23. The number of aryl methyl sites for hydroxylation is 2. The van der Waals surface area contributed by atoms with Crippen molar-refractivity contribution in [1.29, 1.82) is 0 Å². The minimum atomic E-state index is -1.04. The molecule has 0 saturated carbocycles. The van der Waals surface area contributed by atoms with Crippen molar-refractivity contribution >= 4 is 23.7 Å². The fraction of sp³-hybridized carbons (Fsp3) is 0.333. The molecule has 1 aliphatic carbocycles. The minimum Gasteiger partial charge on any atom is -0.319 e. The quantitative estimate of drug-likeness (QED) is 0.629. The Labute approximate surface area is 162 Å². The Morgan fingerprint density at radius 3 is 2.74 bits per heavy atom. The maximum atomic E-state index is 13.7. The van der Waals surface area contributed by atoms with Crippen molar-refractivity contribution in [3.63, 3.8) is 0 Å². The number of thioether (sulfide) groups is 1. The van der Waals surface area contributed by atoms with Crippen LogP contribution in [0.5, 0.6) is 0 Å². The van der Waals surface area contributed by atoms with Gasteiger partial charge in [-0.15, -0.1) is 11.8 Å². The highest BCUT2D eigenvalue weighted by molar-refractivity contribution is 7.99. The van der Waals surface area contributed by atoms with Gasteiger partial charge in [0.25, 0.3) is 5.91 Å². The molecule has 0 aromatic heterocycles. The molecule has 3 amide bonds. The number of hydrogen-bond acceptors (Lipinski definition) is 3. The summed E-state index contributed by atoms with van der Waals surface area (Å²) in [5, 5.41) is 2.85. The molecule has 1 heterocycles. The zero-order valence-electron chi connectivity index (χ0n) is 15.1. The van der Waals surface area contributed by atoms with E-state index in [-0.39, 0.29) is 18.3 Å². The normalized spacial score (nSPS) is 21.5. The summed E-state index contributed by atoms with van der Waals surface area (Å²) in [6, 6.07) is 12.2. The minimum absolute atomic E-state index is 0.240. The predicted octanol–water partition coefficient (Wildman–Crippen LogP) is 3.87. The van der Waals surface area contributed by atoms with Crippen LogP contribution in [0, 0.1) is 5.82 Å². The molecule has 27 heavy (non-hydrogen) atoms. The first-order valence-corrected chi connectivity index (χ1v) is 10.1. The maximum absolute atomic E-state index is 13.7. The fourth-order valence-corrected chi connectivity index (χ4v) is 4.66. The van der Waals surface area contributed by atoms with E-state index >= 15 is 0 Å². The lowest BCUT2D eigenvalue weighted by Crippen LogP contribution is -2.41. The van der Waals surface area contributed by atoms with Crippen LogP contribution in [0.1, 0.15) is 30.0 Å². The van der Waals surface area contributed by atoms with Gasteiger partial charge < -0.3 is 5.32 Å². The van der Waals surface area contributed by atoms with Crippen molar-refractivity contribution in [3.8, 4) is 0 Å². The lowest BCUT2D eigenvalue weighted by Gasteiger charge is -2.23. The van der Waals surface area contributed by atoms with Gasteiger partial charge in [-0.05, 0) is 55.0 Å². The van der Waals surface area contributed by atoms with Crippen molar-refractivity contribution in [2.24, 2.45) is 0 Å². The molecule has 2 aliphatic rings. The van der Waals surface area contributed by atoms with Crippen LogP contribution in [0.25, 0.3) is 0 Å². The molecule has 4 rings (SSSR count). The molecule has 2 aromatic rings. The Morgan fingerprint density at radius 1 is 1.15 bits per heavy atom. The Hall–Kier alpha value is -2.34. The largest absolute Gasteiger partial charge is 0.325 e. The summed E-state index contributed by atoms with van der Waals surface area (Å²) in [6.45, 7) is 2.00. The van der Waals surface area contributed by atoms with E-state index in [1.807, 2.05) is 6.07 Å². The van der Waals surface area contributed by atoms with Crippen LogP contribution in [0.3, 0.4) is 0 Å². The number of amides is 3. The average Bonchev–Trinajstić information content (AvgIpc) is 3.21. The average molecular weight is 384 g/mol. The third-order valence-electron chi connectivity index (χ3n) is 5.36. The number of nitrogens with one attached hydrogen (secondary N) is 1. The first kappa shape index (κ1) is 18.0. The summed E-state index contributed by atoms with van der Waals surface area (Å²) in [4.78, 5) is 27.2. The molecule has 1 fully saturated rings. The second kappa shape index (κ2) is 7.00. The van der Waals surface area contributed by atoms with Crippen molar-refractivity contribution < 1.29 is 14.0 Å². The van der Waals surface area contributed by atoms with E-state index in [0.717, 1.165) is 24.8 Å². The molecule has 0 unspecified atom stereocenters. The van der Waals surface area contributed by atoms with Gasteiger partial charge in [-0.3, -0.25) is 9.69 Å². The highest BCUT2D eigenvalue weighted by Crippen LogP contribution is 2.33. The zero-order valence-corrected chi connectivity index (χ0v) is 15.9. The van der Waals surface area contributed by atoms with Crippen LogP contribution in [0.2, 0.25) is 0 Å². The topological polar surface area (TPSA) is 49.4 Å². The molecule has 1 atom stereocenters. The van der Waals surface area contributed by atoms with Gasteiger partial charge in [0.2, 0.25) is 0 Å². The number of benzene rings is 2. The molecule has 140 valence electrons. The smallest absolute Gasteiger partial charge is 0.319 e. The van der Waals surface area contributed by atoms with Crippen molar-refractivity contribution in [2.45, 2.75) is 36.6 Å². The number of rotatable bonds is 5. The van der Waals surface area contributed by atoms with Gasteiger partial charge >= 0.3 is 6.03 Å². The van der Waals surface area contributed by atoms with Crippen LogP contribution in [-0.2, 0) is 23.2 Å². The number of hydrogen-bond donors (Lipinski definition) is 1. The van der Waals surface area contributed by atoms with E-state index in [9.17, 15) is 14.0 Å². The third kappa shape index (κ3) is 3.23. The van der Waals surface area contributed by atoms with Gasteiger partial charge in [0.1, 0.15) is 11.4 Å². The lowest BCUT2D eigenvalue weighted by molar-refractivity contribution is -0.130. The molecule has 2 aromatic carbocycles. The molecular weight excluding hydrogens is 363 g/mol. The monoisotopic (exact) mass is 384 g/mol. The van der Waals surface area contributed by atoms with E-state index in [2.05, 4.69) is 17.4 Å². The van der Waals surface area contributed by atoms with E-state index in [0.29, 0.717) is 10.6 Å². The van der Waals surface area contributed by atoms with Gasteiger partial charge in [0.15, 0.2) is 0 Å². The first-order chi connectivity index (χ1) is 13.0. The van der Waals surface area contributed by atoms with Gasteiger partial charge in [0, 0.05) is 17.2 Å². The molecule has 4 nitrogen and oxygen atoms in total. The number of carbonyl (C=O) groups excluding carboxylic acids is 2. The number of imide groups is 1. The predicted molar refractivity (Wildman–Crippen MR) is 103 cm³/mol. The molecule has 0 bridgehead atoms. The van der Waals surface area contributed by atoms with E-state index in [1.54, 1.807) is 25.1 Å². The zero-order chi connectivity index (χ0) is 19.0. The fourth-order valence-electron chi connectivity index (χ4n) is 3.79. The number of halogens is 1. The van der Waals surface area contributed by atoms with E-state index in [1.165, 1.54) is 33.9 Å². The summed E-state index contributed by atoms with van der Waals surface area (Å²) >= 11 is 1.30. The summed E-state index contributed by atoms with van der Waals surface area (Å²) in [5.41, 5.74) is 2.38. The Morgan fingerprint density at radius 2 is 1.93 bits per heavy atom. The third-order valence-corrected chi connectivity index (χ3v) is 6.39. The summed E-state index contributed by atoms with van der Waals surface area (Å²) in [5.74, 6) is -0.0948. The number of urea groups is 1. The first-order valence-electron chi connectivity index (χ1n) is 9.13. The second-order valence-corrected chi connectivity index (χ2v) is 8.26. The lowest BCUT2D eigenvalue weighted by atomic mass is 9.90. The van der Waals surface area contributed by atoms with Gasteiger partial charge in [-0.25, -0.2) is 9.18 Å². The van der Waals surface area contributed by atoms with Crippen LogP contribution in [0.4, 0.5) is 9.18 Å². The Kier molecular flexibility index (Phi) is 4.68. The maximum Gasteiger partial charge on any atom is 0.325 e. The van der Waals surface area contributed by atoms with E-state index in [4.69, 9.17) is 0 Å². The highest BCUT2D eigenvalue weighted by atomic mass is 32.2. The molecular formula is C21H21FN2O2S. The van der Waals surface area contributed by atoms with Crippen LogP contribution in [-0.4, -0.2) is 29.1 Å². The molecule has 0 spiro atoms. The van der Waals surface area contributed by atoms with Crippen LogP contribution >= 0.6 is 11.8 Å². The van der Waals surface area contributed by atoms with Crippen LogP contribution in [0.15, 0.2) is 47.4 Å². The van der Waals surface area contributed by atoms with Gasteiger partial charge in [0.05, 0.1) is 0 Å². The number of nitrogens with zero attached hydrogens (tertiary/aromatic N) is 1. The Balaban J connectivity index is 1.47. The standard InChI is InChI=1S/C21H21FN2O2S/c1-21(16-10-9-14-5-4-6-15(14)13-16)19(25)24(20(26)23-21)11-12-27-18-8-3-2-7-17(18)22/h2-3,7-10,13H,4-6,11-12H2,1H3,(H,23,26)/t21-/m1/s1. The SMILES string of the molecule is C[C@]1(c2ccc3c(c2)CCC3)NC(=O)N(CCSc2ccccc2F)C1=O. The number of carbonyl (C=O) groups is 2. The van der Waals surface area contributed by atoms with Gasteiger partial charge in [-0.2, -0.15) is 0 Å². The summed E-state index contributed by atoms with van der Waals surface area (Å²) in [7, 11) is 0. The molecule has 1 aliphatic heterocycles. The Bertz CT molecular complexity index is 917. The number of fused-ring (bicyclic) bond motifs is 1. The molecule has 1 saturated heterocycles. The van der Waals surface area contributed by atoms with Crippen molar-refractivity contribution in [1.82, 2.24) is 10.2 Å². The van der Waals surface area contributed by atoms with Crippen molar-refractivity contribution in [2.75, 3.05) is 12.3 Å². The summed E-state index contributed by atoms with van der Waals surface area (Å²) < 4.78 is 13.7. The second-order valence-electron chi connectivity index (χ2n) is 7.13. The molecule has 1 N–H and O–H groups in total. The highest BCUT2D eigenvalue weighted by Gasteiger charge is 2.48. The molecule has 0 radical (unpaired) electrons.